The lowest BCUT2D eigenvalue weighted by molar-refractivity contribution is 0.109. The molecule has 0 N–H and O–H groups in total. The van der Waals surface area contributed by atoms with Crippen LogP contribution in [0.3, 0.4) is 0 Å². The summed E-state index contributed by atoms with van der Waals surface area (Å²) in [5.41, 5.74) is 1.16. The maximum Gasteiger partial charge on any atom is 0.185 e. The zero-order chi connectivity index (χ0) is 10.7. The molecule has 3 heteroatoms. The van der Waals surface area contributed by atoms with E-state index in [4.69, 9.17) is 4.42 Å². The van der Waals surface area contributed by atoms with E-state index in [-0.39, 0.29) is 0 Å². The van der Waals surface area contributed by atoms with Gasteiger partial charge in [-0.2, -0.15) is 0 Å². The van der Waals surface area contributed by atoms with Gasteiger partial charge in [0.05, 0.1) is 0 Å². The van der Waals surface area contributed by atoms with E-state index in [1.165, 1.54) is 0 Å². The minimum atomic E-state index is 0.377. The van der Waals surface area contributed by atoms with Crippen molar-refractivity contribution in [2.75, 3.05) is 0 Å². The summed E-state index contributed by atoms with van der Waals surface area (Å²) in [6.07, 6.45) is 1.42. The molecule has 0 saturated carbocycles. The van der Waals surface area contributed by atoms with Crippen LogP contribution in [0.25, 0.3) is 0 Å². The third-order valence-corrected chi connectivity index (χ3v) is 2.62. The van der Waals surface area contributed by atoms with Crippen molar-refractivity contribution in [3.8, 4) is 0 Å². The lowest BCUT2D eigenvalue weighted by atomic mass is 10.1. The Morgan fingerprint density at radius 1 is 1.13 bits per heavy atom. The Balaban J connectivity index is 2.14. The van der Waals surface area contributed by atoms with Crippen molar-refractivity contribution in [2.45, 2.75) is 6.42 Å². The molecule has 0 atom stereocenters. The number of halogens is 1. The van der Waals surface area contributed by atoms with Gasteiger partial charge in [-0.25, -0.2) is 0 Å². The Hall–Kier alpha value is -1.35. The van der Waals surface area contributed by atoms with Gasteiger partial charge in [0.1, 0.15) is 5.76 Å². The highest BCUT2D eigenvalue weighted by Gasteiger charge is 2.02. The molecule has 2 aromatic rings. The van der Waals surface area contributed by atoms with Gasteiger partial charge >= 0.3 is 0 Å². The Bertz CT molecular complexity index is 457. The van der Waals surface area contributed by atoms with E-state index in [1.807, 2.05) is 30.3 Å². The smallest absolute Gasteiger partial charge is 0.185 e. The van der Waals surface area contributed by atoms with Crippen LogP contribution in [0.15, 0.2) is 45.3 Å². The first kappa shape index (κ1) is 10.2. The first-order valence-corrected chi connectivity index (χ1v) is 5.35. The fourth-order valence-corrected chi connectivity index (χ4v) is 1.62. The second-order valence-corrected chi connectivity index (χ2v) is 4.14. The van der Waals surface area contributed by atoms with Gasteiger partial charge in [-0.1, -0.05) is 28.1 Å². The van der Waals surface area contributed by atoms with Crippen molar-refractivity contribution in [3.05, 3.63) is 58.0 Å². The molecule has 1 aromatic heterocycles. The average molecular weight is 265 g/mol. The van der Waals surface area contributed by atoms with E-state index in [9.17, 15) is 4.79 Å². The predicted octanol–water partition coefficient (Wildman–Crippen LogP) is 3.45. The third kappa shape index (κ3) is 2.57. The summed E-state index contributed by atoms with van der Waals surface area (Å²) in [5, 5.41) is 0. The van der Waals surface area contributed by atoms with Crippen molar-refractivity contribution >= 4 is 22.2 Å². The molecule has 0 spiro atoms. The van der Waals surface area contributed by atoms with Crippen LogP contribution in [0.4, 0.5) is 0 Å². The average Bonchev–Trinajstić information content (AvgIpc) is 2.69. The van der Waals surface area contributed by atoms with Gasteiger partial charge < -0.3 is 4.42 Å². The monoisotopic (exact) mass is 264 g/mol. The number of carbonyl (C=O) groups is 1. The Morgan fingerprint density at radius 2 is 1.87 bits per heavy atom. The second kappa shape index (κ2) is 4.45. The molecule has 0 aliphatic carbocycles. The topological polar surface area (TPSA) is 30.2 Å². The Labute approximate surface area is 96.0 Å². The molecule has 0 amide bonds. The maximum atomic E-state index is 10.4. The van der Waals surface area contributed by atoms with Crippen LogP contribution in [0, 0.1) is 0 Å². The zero-order valence-corrected chi connectivity index (χ0v) is 9.53. The minimum Gasteiger partial charge on any atom is -0.458 e. The lowest BCUT2D eigenvalue weighted by Gasteiger charge is -1.98. The quantitative estimate of drug-likeness (QED) is 0.795. The van der Waals surface area contributed by atoms with Crippen molar-refractivity contribution < 1.29 is 9.21 Å². The molecule has 2 nitrogen and oxygen atoms in total. The molecule has 76 valence electrons. The molecule has 0 fully saturated rings. The van der Waals surface area contributed by atoms with Crippen LogP contribution in [0.2, 0.25) is 0 Å². The van der Waals surface area contributed by atoms with Crippen molar-refractivity contribution in [1.29, 1.82) is 0 Å². The Morgan fingerprint density at radius 3 is 2.47 bits per heavy atom. The SMILES string of the molecule is O=Cc1ccc(Cc2ccc(Br)cc2)o1. The van der Waals surface area contributed by atoms with Crippen LogP contribution in [-0.2, 0) is 6.42 Å². The maximum absolute atomic E-state index is 10.4. The summed E-state index contributed by atoms with van der Waals surface area (Å²) < 4.78 is 6.34. The summed E-state index contributed by atoms with van der Waals surface area (Å²) in [6.45, 7) is 0. The predicted molar refractivity (Wildman–Crippen MR) is 61.0 cm³/mol. The molecule has 0 bridgehead atoms. The number of rotatable bonds is 3. The van der Waals surface area contributed by atoms with E-state index in [0.29, 0.717) is 18.5 Å². The summed E-state index contributed by atoms with van der Waals surface area (Å²) in [4.78, 5) is 10.4. The largest absolute Gasteiger partial charge is 0.458 e. The van der Waals surface area contributed by atoms with E-state index in [1.54, 1.807) is 6.07 Å². The molecular weight excluding hydrogens is 256 g/mol. The molecule has 0 unspecified atom stereocenters. The molecule has 2 rings (SSSR count). The minimum absolute atomic E-state index is 0.377. The van der Waals surface area contributed by atoms with E-state index in [2.05, 4.69) is 15.9 Å². The zero-order valence-electron chi connectivity index (χ0n) is 7.94. The molecule has 1 aromatic carbocycles. The summed E-state index contributed by atoms with van der Waals surface area (Å²) in [5.74, 6) is 1.18. The fraction of sp³-hybridized carbons (Fsp3) is 0.0833. The normalized spacial score (nSPS) is 10.2. The summed E-state index contributed by atoms with van der Waals surface area (Å²) >= 11 is 3.38. The molecule has 0 radical (unpaired) electrons. The van der Waals surface area contributed by atoms with Gasteiger partial charge in [0.2, 0.25) is 0 Å². The van der Waals surface area contributed by atoms with Gasteiger partial charge in [0, 0.05) is 10.9 Å². The molecule has 0 aliphatic rings. The lowest BCUT2D eigenvalue weighted by Crippen LogP contribution is -1.84. The van der Waals surface area contributed by atoms with Crippen LogP contribution >= 0.6 is 15.9 Å². The number of aldehydes is 1. The number of carbonyl (C=O) groups excluding carboxylic acids is 1. The van der Waals surface area contributed by atoms with Crippen LogP contribution < -0.4 is 0 Å². The first-order chi connectivity index (χ1) is 7.28. The number of hydrogen-bond donors (Lipinski definition) is 0. The fourth-order valence-electron chi connectivity index (χ4n) is 1.36. The van der Waals surface area contributed by atoms with Gasteiger partial charge in [-0.05, 0) is 29.8 Å². The summed E-state index contributed by atoms with van der Waals surface area (Å²) in [6, 6.07) is 11.5. The molecule has 0 aliphatic heterocycles. The van der Waals surface area contributed by atoms with Crippen LogP contribution in [0.5, 0.6) is 0 Å². The number of benzene rings is 1. The van der Waals surface area contributed by atoms with Gasteiger partial charge in [0.15, 0.2) is 12.0 Å². The molecule has 1 heterocycles. The number of furan rings is 1. The van der Waals surface area contributed by atoms with E-state index in [0.717, 1.165) is 15.8 Å². The van der Waals surface area contributed by atoms with Crippen LogP contribution in [0.1, 0.15) is 21.9 Å². The Kier molecular flexibility index (Phi) is 3.02. The second-order valence-electron chi connectivity index (χ2n) is 3.23. The highest BCUT2D eigenvalue weighted by atomic mass is 79.9. The van der Waals surface area contributed by atoms with Crippen molar-refractivity contribution in [3.63, 3.8) is 0 Å². The summed E-state index contributed by atoms with van der Waals surface area (Å²) in [7, 11) is 0. The molecular formula is C12H9BrO2. The standard InChI is InChI=1S/C12H9BrO2/c13-10-3-1-9(2-4-10)7-11-5-6-12(8-14)15-11/h1-6,8H,7H2. The molecule has 0 saturated heterocycles. The van der Waals surface area contributed by atoms with Gasteiger partial charge in [-0.15, -0.1) is 0 Å². The van der Waals surface area contributed by atoms with Crippen molar-refractivity contribution in [2.24, 2.45) is 0 Å². The van der Waals surface area contributed by atoms with Crippen molar-refractivity contribution in [1.82, 2.24) is 0 Å². The highest BCUT2D eigenvalue weighted by molar-refractivity contribution is 9.10. The van der Waals surface area contributed by atoms with Gasteiger partial charge in [-0.3, -0.25) is 4.79 Å². The van der Waals surface area contributed by atoms with Crippen LogP contribution in [-0.4, -0.2) is 6.29 Å². The third-order valence-electron chi connectivity index (χ3n) is 2.09. The highest BCUT2D eigenvalue weighted by Crippen LogP contribution is 2.15. The van der Waals surface area contributed by atoms with E-state index >= 15 is 0 Å². The number of hydrogen-bond acceptors (Lipinski definition) is 2. The first-order valence-electron chi connectivity index (χ1n) is 4.56. The molecule has 15 heavy (non-hydrogen) atoms. The van der Waals surface area contributed by atoms with E-state index < -0.39 is 0 Å². The van der Waals surface area contributed by atoms with Gasteiger partial charge in [0.25, 0.3) is 0 Å².